The average molecular weight is 297 g/mol. The van der Waals surface area contributed by atoms with Crippen molar-refractivity contribution in [1.82, 2.24) is 24.5 Å². The lowest BCUT2D eigenvalue weighted by molar-refractivity contribution is 0.222. The zero-order chi connectivity index (χ0) is 14.5. The number of nitrogens with zero attached hydrogens (tertiary/aromatic N) is 5. The van der Waals surface area contributed by atoms with Crippen LogP contribution in [0, 0.1) is 0 Å². The van der Waals surface area contributed by atoms with Gasteiger partial charge in [0.1, 0.15) is 5.82 Å². The van der Waals surface area contributed by atoms with E-state index in [1.165, 1.54) is 0 Å². The second-order valence-corrected chi connectivity index (χ2v) is 4.85. The highest BCUT2D eigenvalue weighted by atomic mass is 35.5. The molecule has 108 valence electrons. The van der Waals surface area contributed by atoms with Gasteiger partial charge in [-0.05, 0) is 25.4 Å². The van der Waals surface area contributed by atoms with Gasteiger partial charge in [-0.25, -0.2) is 4.98 Å². The summed E-state index contributed by atoms with van der Waals surface area (Å²) < 4.78 is 7.37. The molecule has 0 aliphatic heterocycles. The molecular weight excluding hydrogens is 280 g/mol. The lowest BCUT2D eigenvalue weighted by Gasteiger charge is -2.09. The monoisotopic (exact) mass is 296 g/mol. The smallest absolute Gasteiger partial charge is 0.322 e. The van der Waals surface area contributed by atoms with E-state index in [1.807, 2.05) is 31.7 Å². The lowest BCUT2D eigenvalue weighted by Crippen LogP contribution is -2.13. The Morgan fingerprint density at radius 3 is 2.80 bits per heavy atom. The van der Waals surface area contributed by atoms with Crippen molar-refractivity contribution in [3.63, 3.8) is 0 Å². The van der Waals surface area contributed by atoms with Crippen LogP contribution in [0.15, 0.2) is 12.4 Å². The maximum Gasteiger partial charge on any atom is 0.322 e. The van der Waals surface area contributed by atoms with Crippen LogP contribution < -0.4 is 10.1 Å². The summed E-state index contributed by atoms with van der Waals surface area (Å²) in [4.78, 5) is 16.3. The van der Waals surface area contributed by atoms with Crippen molar-refractivity contribution in [2.45, 2.75) is 26.4 Å². The van der Waals surface area contributed by atoms with E-state index in [0.29, 0.717) is 12.5 Å². The molecular formula is C12H17ClN6O. The van der Waals surface area contributed by atoms with Crippen LogP contribution in [-0.4, -0.2) is 37.2 Å². The van der Waals surface area contributed by atoms with Gasteiger partial charge in [0.05, 0.1) is 6.10 Å². The van der Waals surface area contributed by atoms with Crippen molar-refractivity contribution in [1.29, 1.82) is 0 Å². The van der Waals surface area contributed by atoms with Crippen LogP contribution >= 0.6 is 11.6 Å². The Labute approximate surface area is 122 Å². The first-order valence-electron chi connectivity index (χ1n) is 6.33. The fourth-order valence-electron chi connectivity index (χ4n) is 1.60. The second-order valence-electron chi connectivity index (χ2n) is 4.51. The molecule has 0 spiro atoms. The summed E-state index contributed by atoms with van der Waals surface area (Å²) in [7, 11) is 1.96. The van der Waals surface area contributed by atoms with E-state index < -0.39 is 0 Å². The number of hydrogen-bond acceptors (Lipinski definition) is 6. The van der Waals surface area contributed by atoms with Crippen LogP contribution in [0.1, 0.15) is 19.7 Å². The minimum Gasteiger partial charge on any atom is -0.461 e. The topological polar surface area (TPSA) is 77.8 Å². The van der Waals surface area contributed by atoms with Gasteiger partial charge in [0.15, 0.2) is 0 Å². The molecule has 0 fully saturated rings. The number of anilines is 1. The van der Waals surface area contributed by atoms with Crippen molar-refractivity contribution >= 4 is 17.5 Å². The summed E-state index contributed by atoms with van der Waals surface area (Å²) in [6.07, 6.45) is 4.41. The minimum absolute atomic E-state index is 0.0196. The second kappa shape index (κ2) is 6.51. The van der Waals surface area contributed by atoms with Gasteiger partial charge in [-0.1, -0.05) is 0 Å². The van der Waals surface area contributed by atoms with Crippen LogP contribution in [0.25, 0.3) is 0 Å². The molecule has 2 rings (SSSR count). The molecule has 20 heavy (non-hydrogen) atoms. The maximum atomic E-state index is 5.84. The van der Waals surface area contributed by atoms with Crippen molar-refractivity contribution < 1.29 is 4.74 Å². The third-order valence-corrected chi connectivity index (χ3v) is 2.65. The van der Waals surface area contributed by atoms with Crippen molar-refractivity contribution in [2.75, 3.05) is 11.9 Å². The maximum absolute atomic E-state index is 5.84. The molecule has 0 saturated heterocycles. The highest BCUT2D eigenvalue weighted by Gasteiger charge is 2.08. The Balaban J connectivity index is 1.95. The third-order valence-electron chi connectivity index (χ3n) is 2.48. The summed E-state index contributed by atoms with van der Waals surface area (Å²) >= 11 is 5.84. The summed E-state index contributed by atoms with van der Waals surface area (Å²) in [5, 5.41) is 3.19. The molecule has 0 bridgehead atoms. The molecule has 0 amide bonds. The normalized spacial score (nSPS) is 10.8. The minimum atomic E-state index is -0.0196. The van der Waals surface area contributed by atoms with Gasteiger partial charge < -0.3 is 14.6 Å². The van der Waals surface area contributed by atoms with Gasteiger partial charge in [-0.3, -0.25) is 0 Å². The molecule has 0 aliphatic rings. The Morgan fingerprint density at radius 1 is 1.35 bits per heavy atom. The SMILES string of the molecule is CC(C)Oc1nc(Cl)nc(NCCc2nccn2C)n1. The van der Waals surface area contributed by atoms with Gasteiger partial charge in [0.2, 0.25) is 11.2 Å². The zero-order valence-corrected chi connectivity index (χ0v) is 12.4. The summed E-state index contributed by atoms with van der Waals surface area (Å²) in [5.74, 6) is 1.38. The first kappa shape index (κ1) is 14.5. The summed E-state index contributed by atoms with van der Waals surface area (Å²) in [6, 6.07) is 0.222. The standard InChI is InChI=1S/C12H17ClN6O/c1-8(2)20-12-17-10(13)16-11(18-12)15-5-4-9-14-6-7-19(9)3/h6-8H,4-5H2,1-3H3,(H,15,16,17,18). The lowest BCUT2D eigenvalue weighted by atomic mass is 10.4. The fourth-order valence-corrected chi connectivity index (χ4v) is 1.75. The average Bonchev–Trinajstić information content (AvgIpc) is 2.73. The Kier molecular flexibility index (Phi) is 4.73. The quantitative estimate of drug-likeness (QED) is 0.874. The van der Waals surface area contributed by atoms with Crippen LogP contribution in [0.3, 0.4) is 0 Å². The van der Waals surface area contributed by atoms with E-state index >= 15 is 0 Å². The molecule has 0 aliphatic carbocycles. The largest absolute Gasteiger partial charge is 0.461 e. The number of hydrogen-bond donors (Lipinski definition) is 1. The van der Waals surface area contributed by atoms with Crippen molar-refractivity contribution in [3.8, 4) is 6.01 Å². The van der Waals surface area contributed by atoms with Crippen molar-refractivity contribution in [2.24, 2.45) is 7.05 Å². The van der Waals surface area contributed by atoms with E-state index in [4.69, 9.17) is 16.3 Å². The fraction of sp³-hybridized carbons (Fsp3) is 0.500. The number of imidazole rings is 1. The zero-order valence-electron chi connectivity index (χ0n) is 11.7. The van der Waals surface area contributed by atoms with Gasteiger partial charge in [0, 0.05) is 32.4 Å². The molecule has 0 saturated carbocycles. The van der Waals surface area contributed by atoms with E-state index in [0.717, 1.165) is 12.2 Å². The molecule has 7 nitrogen and oxygen atoms in total. The molecule has 8 heteroatoms. The van der Waals surface area contributed by atoms with Gasteiger partial charge >= 0.3 is 6.01 Å². The van der Waals surface area contributed by atoms with Gasteiger partial charge in [-0.15, -0.1) is 0 Å². The molecule has 2 heterocycles. The Hall–Kier alpha value is -1.89. The van der Waals surface area contributed by atoms with E-state index in [2.05, 4.69) is 25.3 Å². The highest BCUT2D eigenvalue weighted by molar-refractivity contribution is 6.28. The molecule has 2 aromatic heterocycles. The molecule has 2 aromatic rings. The van der Waals surface area contributed by atoms with Crippen LogP contribution in [0.4, 0.5) is 5.95 Å². The molecule has 0 aromatic carbocycles. The first-order valence-corrected chi connectivity index (χ1v) is 6.70. The molecule has 1 N–H and O–H groups in total. The number of nitrogens with one attached hydrogen (secondary N) is 1. The van der Waals surface area contributed by atoms with Gasteiger partial charge in [-0.2, -0.15) is 15.0 Å². The summed E-state index contributed by atoms with van der Waals surface area (Å²) in [6.45, 7) is 4.43. The molecule has 0 radical (unpaired) electrons. The molecule has 0 unspecified atom stereocenters. The Morgan fingerprint density at radius 2 is 2.15 bits per heavy atom. The molecule has 0 atom stereocenters. The predicted octanol–water partition coefficient (Wildman–Crippen LogP) is 1.70. The number of halogens is 1. The third kappa shape index (κ3) is 4.06. The first-order chi connectivity index (χ1) is 9.54. The highest BCUT2D eigenvalue weighted by Crippen LogP contribution is 2.12. The Bertz CT molecular complexity index is 571. The van der Waals surface area contributed by atoms with E-state index in [9.17, 15) is 0 Å². The number of aromatic nitrogens is 5. The van der Waals surface area contributed by atoms with Crippen LogP contribution in [0.5, 0.6) is 6.01 Å². The van der Waals surface area contributed by atoms with Crippen LogP contribution in [0.2, 0.25) is 5.28 Å². The van der Waals surface area contributed by atoms with Crippen molar-refractivity contribution in [3.05, 3.63) is 23.5 Å². The van der Waals surface area contributed by atoms with E-state index in [-0.39, 0.29) is 17.4 Å². The number of ether oxygens (including phenoxy) is 1. The van der Waals surface area contributed by atoms with Gasteiger partial charge in [0.25, 0.3) is 0 Å². The number of aryl methyl sites for hydroxylation is 1. The van der Waals surface area contributed by atoms with E-state index in [1.54, 1.807) is 6.20 Å². The van der Waals surface area contributed by atoms with Crippen LogP contribution in [-0.2, 0) is 13.5 Å². The summed E-state index contributed by atoms with van der Waals surface area (Å²) in [5.41, 5.74) is 0. The number of rotatable bonds is 6. The predicted molar refractivity (Wildman–Crippen MR) is 76.0 cm³/mol.